The van der Waals surface area contributed by atoms with Gasteiger partial charge >= 0.3 is 5.97 Å². The van der Waals surface area contributed by atoms with E-state index in [-0.39, 0.29) is 40.5 Å². The van der Waals surface area contributed by atoms with Gasteiger partial charge in [-0.3, -0.25) is 19.6 Å². The van der Waals surface area contributed by atoms with E-state index in [9.17, 15) is 14.4 Å². The third-order valence-corrected chi connectivity index (χ3v) is 8.55. The van der Waals surface area contributed by atoms with E-state index in [0.717, 1.165) is 18.4 Å². The molecule has 2 aliphatic carbocycles. The number of carbonyl (C=O) groups excluding carboxylic acids is 3. The number of ketones is 1. The Kier molecular flexibility index (Phi) is 9.23. The third-order valence-electron chi connectivity index (χ3n) is 7.13. The first-order valence-electron chi connectivity index (χ1n) is 12.4. The minimum Gasteiger partial charge on any atom is -0.464 e. The van der Waals surface area contributed by atoms with Gasteiger partial charge in [0.25, 0.3) is 5.91 Å². The average Bonchev–Trinajstić information content (AvgIpc) is 2.91. The molecule has 1 aromatic carbocycles. The van der Waals surface area contributed by atoms with Crippen molar-refractivity contribution in [2.24, 2.45) is 10.4 Å². The number of aliphatic imine (C=N–C) groups is 1. The molecule has 202 valence electrons. The fourth-order valence-corrected chi connectivity index (χ4v) is 6.56. The summed E-state index contributed by atoms with van der Waals surface area (Å²) in [5.41, 5.74) is 1.56. The van der Waals surface area contributed by atoms with Crippen LogP contribution in [0.1, 0.15) is 48.5 Å². The van der Waals surface area contributed by atoms with Crippen molar-refractivity contribution in [1.29, 1.82) is 0 Å². The molecule has 1 amide bonds. The second-order valence-corrected chi connectivity index (χ2v) is 11.1. The highest BCUT2D eigenvalue weighted by Crippen LogP contribution is 2.50. The van der Waals surface area contributed by atoms with E-state index < -0.39 is 28.2 Å². The second kappa shape index (κ2) is 12.2. The standard InChI is InChI=1S/C27H28BrCl2N3O5/c1-3-38-26(36)20(33-23-22(28)24(34)27(23)10-8-17(37-2)9-11-27)12-15-4-6-16(7-5-15)32-25(35)21-18(29)13-31-14-19(21)30/h4-7,13-14,17,20,22H,3,8-12H2,1-2H3,(H,32,35)/t17?,20-,22?,27?/m0/s1. The van der Waals surface area contributed by atoms with Crippen LogP contribution in [0.3, 0.4) is 0 Å². The van der Waals surface area contributed by atoms with Crippen molar-refractivity contribution < 1.29 is 23.9 Å². The van der Waals surface area contributed by atoms with Gasteiger partial charge in [0.1, 0.15) is 4.83 Å². The number of hydrogen-bond acceptors (Lipinski definition) is 7. The molecule has 2 saturated carbocycles. The van der Waals surface area contributed by atoms with Crippen molar-refractivity contribution in [3.63, 3.8) is 0 Å². The van der Waals surface area contributed by atoms with Gasteiger partial charge in [0.15, 0.2) is 11.8 Å². The molecule has 1 unspecified atom stereocenters. The number of aromatic nitrogens is 1. The SMILES string of the molecule is CCOC(=O)[C@H](Cc1ccc(NC(=O)c2c(Cl)cncc2Cl)cc1)N=C1C(Br)C(=O)C12CCC(OC)CC2. The smallest absolute Gasteiger partial charge is 0.331 e. The minimum atomic E-state index is -0.801. The number of carbonyl (C=O) groups is 3. The average molecular weight is 625 g/mol. The monoisotopic (exact) mass is 623 g/mol. The predicted octanol–water partition coefficient (Wildman–Crippen LogP) is 5.48. The second-order valence-electron chi connectivity index (χ2n) is 9.36. The van der Waals surface area contributed by atoms with Crippen molar-refractivity contribution >= 4 is 68.2 Å². The summed E-state index contributed by atoms with van der Waals surface area (Å²) in [6.45, 7) is 1.97. The fraction of sp³-hybridized carbons (Fsp3) is 0.444. The summed E-state index contributed by atoms with van der Waals surface area (Å²) in [6, 6.07) is 6.24. The Hall–Kier alpha value is -2.33. The zero-order valence-corrected chi connectivity index (χ0v) is 24.1. The van der Waals surface area contributed by atoms with Gasteiger partial charge in [-0.15, -0.1) is 0 Å². The van der Waals surface area contributed by atoms with Gasteiger partial charge < -0.3 is 14.8 Å². The molecule has 0 radical (unpaired) electrons. The van der Waals surface area contributed by atoms with E-state index >= 15 is 0 Å². The number of alkyl halides is 1. The number of pyridine rings is 1. The Morgan fingerprint density at radius 3 is 2.39 bits per heavy atom. The summed E-state index contributed by atoms with van der Waals surface area (Å²) < 4.78 is 10.8. The predicted molar refractivity (Wildman–Crippen MR) is 150 cm³/mol. The van der Waals surface area contributed by atoms with Crippen LogP contribution in [0.15, 0.2) is 41.7 Å². The van der Waals surface area contributed by atoms with Crippen LogP contribution in [0.2, 0.25) is 10.0 Å². The highest BCUT2D eigenvalue weighted by molar-refractivity contribution is 9.10. The van der Waals surface area contributed by atoms with Gasteiger partial charge in [0.05, 0.1) is 33.7 Å². The number of anilines is 1. The number of nitrogens with one attached hydrogen (secondary N) is 1. The van der Waals surface area contributed by atoms with Crippen molar-refractivity contribution in [2.45, 2.75) is 56.0 Å². The molecule has 11 heteroatoms. The highest BCUT2D eigenvalue weighted by Gasteiger charge is 2.59. The summed E-state index contributed by atoms with van der Waals surface area (Å²) in [5, 5.41) is 3.06. The van der Waals surface area contributed by atoms with E-state index in [1.807, 2.05) is 0 Å². The molecule has 1 heterocycles. The zero-order chi connectivity index (χ0) is 27.4. The molecule has 2 aliphatic rings. The van der Waals surface area contributed by atoms with Crippen LogP contribution in [0.5, 0.6) is 0 Å². The van der Waals surface area contributed by atoms with E-state index in [2.05, 4.69) is 26.2 Å². The van der Waals surface area contributed by atoms with E-state index in [4.69, 9.17) is 37.7 Å². The van der Waals surface area contributed by atoms with E-state index in [0.29, 0.717) is 24.2 Å². The lowest BCUT2D eigenvalue weighted by Gasteiger charge is -2.49. The van der Waals surface area contributed by atoms with Gasteiger partial charge in [-0.2, -0.15) is 0 Å². The van der Waals surface area contributed by atoms with Crippen LogP contribution in [0, 0.1) is 5.41 Å². The maximum atomic E-state index is 12.9. The molecule has 8 nitrogen and oxygen atoms in total. The Balaban J connectivity index is 1.51. The number of esters is 1. The number of benzene rings is 1. The first-order chi connectivity index (χ1) is 18.2. The van der Waals surface area contributed by atoms with Gasteiger partial charge in [0.2, 0.25) is 0 Å². The first-order valence-corrected chi connectivity index (χ1v) is 14.0. The number of halogens is 3. The number of ether oxygens (including phenoxy) is 2. The first kappa shape index (κ1) is 28.7. The normalized spacial score (nSPS) is 24.7. The number of methoxy groups -OCH3 is 1. The lowest BCUT2D eigenvalue weighted by Crippen LogP contribution is -2.62. The summed E-state index contributed by atoms with van der Waals surface area (Å²) in [5.74, 6) is -0.792. The summed E-state index contributed by atoms with van der Waals surface area (Å²) >= 11 is 15.6. The van der Waals surface area contributed by atoms with Gasteiger partial charge in [0, 0.05) is 37.3 Å². The lowest BCUT2D eigenvalue weighted by molar-refractivity contribution is -0.144. The Morgan fingerprint density at radius 2 is 1.82 bits per heavy atom. The van der Waals surface area contributed by atoms with Crippen LogP contribution in [0.4, 0.5) is 5.69 Å². The number of amides is 1. The van der Waals surface area contributed by atoms with Crippen molar-refractivity contribution in [3.8, 4) is 0 Å². The molecule has 2 atom stereocenters. The molecule has 2 fully saturated rings. The molecule has 1 N–H and O–H groups in total. The lowest BCUT2D eigenvalue weighted by atomic mass is 9.57. The van der Waals surface area contributed by atoms with Crippen LogP contribution >= 0.6 is 39.1 Å². The molecule has 4 rings (SSSR count). The fourth-order valence-electron chi connectivity index (χ4n) is 5.03. The topological polar surface area (TPSA) is 107 Å². The molecule has 38 heavy (non-hydrogen) atoms. The molecule has 1 aromatic heterocycles. The Labute approximate surface area is 239 Å². The summed E-state index contributed by atoms with van der Waals surface area (Å²) in [4.78, 5) is 46.6. The molecule has 0 saturated heterocycles. The van der Waals surface area contributed by atoms with Gasteiger partial charge in [-0.1, -0.05) is 51.3 Å². The zero-order valence-electron chi connectivity index (χ0n) is 21.0. The summed E-state index contributed by atoms with van der Waals surface area (Å²) in [6.07, 6.45) is 5.97. The highest BCUT2D eigenvalue weighted by atomic mass is 79.9. The molecular formula is C27H28BrCl2N3O5. The molecule has 1 spiro atoms. The van der Waals surface area contributed by atoms with Crippen LogP contribution in [-0.4, -0.2) is 59.0 Å². The Bertz CT molecular complexity index is 1230. The number of hydrogen-bond donors (Lipinski definition) is 1. The largest absolute Gasteiger partial charge is 0.464 e. The molecule has 0 bridgehead atoms. The Morgan fingerprint density at radius 1 is 1.18 bits per heavy atom. The number of nitrogens with zero attached hydrogens (tertiary/aromatic N) is 2. The molecule has 2 aromatic rings. The summed E-state index contributed by atoms with van der Waals surface area (Å²) in [7, 11) is 1.68. The van der Waals surface area contributed by atoms with E-state index in [1.165, 1.54) is 12.4 Å². The van der Waals surface area contributed by atoms with Gasteiger partial charge in [-0.05, 0) is 50.3 Å². The maximum Gasteiger partial charge on any atom is 0.331 e. The minimum absolute atomic E-state index is 0.114. The maximum absolute atomic E-state index is 12.9. The van der Waals surface area contributed by atoms with Crippen molar-refractivity contribution in [3.05, 3.63) is 57.8 Å². The van der Waals surface area contributed by atoms with Crippen LogP contribution in [-0.2, 0) is 25.5 Å². The van der Waals surface area contributed by atoms with Gasteiger partial charge in [-0.25, -0.2) is 4.79 Å². The molecular weight excluding hydrogens is 597 g/mol. The van der Waals surface area contributed by atoms with Crippen LogP contribution in [0.25, 0.3) is 0 Å². The van der Waals surface area contributed by atoms with E-state index in [1.54, 1.807) is 38.3 Å². The third kappa shape index (κ3) is 5.81. The quantitative estimate of drug-likeness (QED) is 0.308. The van der Waals surface area contributed by atoms with Crippen molar-refractivity contribution in [1.82, 2.24) is 4.98 Å². The van der Waals surface area contributed by atoms with Crippen molar-refractivity contribution in [2.75, 3.05) is 19.0 Å². The number of Topliss-reactive ketones (excluding diaryl/α,β-unsaturated/α-hetero) is 1. The number of rotatable bonds is 8. The molecule has 0 aliphatic heterocycles. The van der Waals surface area contributed by atoms with Crippen LogP contribution < -0.4 is 5.32 Å².